The quantitative estimate of drug-likeness (QED) is 0.546. The molecule has 1 amide bonds. The SMILES string of the molecule is COc1ccccc1NC(=O)[C@H](C)OC(=O)/C=C/c1ccc(OC(F)F)cc1. The molecule has 0 aliphatic heterocycles. The lowest BCUT2D eigenvalue weighted by Crippen LogP contribution is -2.29. The second kappa shape index (κ2) is 10.1. The number of halogens is 2. The molecule has 0 aliphatic carbocycles. The molecule has 0 fully saturated rings. The molecule has 1 atom stereocenters. The zero-order valence-corrected chi connectivity index (χ0v) is 15.2. The summed E-state index contributed by atoms with van der Waals surface area (Å²) >= 11 is 0. The van der Waals surface area contributed by atoms with E-state index in [-0.39, 0.29) is 5.75 Å². The number of carbonyl (C=O) groups is 2. The predicted octanol–water partition coefficient (Wildman–Crippen LogP) is 3.88. The Bertz CT molecular complexity index is 837. The molecule has 0 saturated heterocycles. The topological polar surface area (TPSA) is 73.9 Å². The summed E-state index contributed by atoms with van der Waals surface area (Å²) in [7, 11) is 1.48. The van der Waals surface area contributed by atoms with Crippen molar-refractivity contribution in [3.63, 3.8) is 0 Å². The minimum absolute atomic E-state index is 0.0105. The molecular formula is C20H19F2NO5. The monoisotopic (exact) mass is 391 g/mol. The van der Waals surface area contributed by atoms with Gasteiger partial charge in [-0.3, -0.25) is 4.79 Å². The minimum atomic E-state index is -2.90. The summed E-state index contributed by atoms with van der Waals surface area (Å²) in [5.41, 5.74) is 1.03. The van der Waals surface area contributed by atoms with Crippen LogP contribution in [-0.2, 0) is 14.3 Å². The van der Waals surface area contributed by atoms with Crippen LogP contribution < -0.4 is 14.8 Å². The van der Waals surface area contributed by atoms with Gasteiger partial charge in [-0.25, -0.2) is 4.79 Å². The zero-order valence-electron chi connectivity index (χ0n) is 15.2. The van der Waals surface area contributed by atoms with Crippen LogP contribution in [0.25, 0.3) is 6.08 Å². The number of carbonyl (C=O) groups excluding carboxylic acids is 2. The van der Waals surface area contributed by atoms with Crippen LogP contribution in [0, 0.1) is 0 Å². The largest absolute Gasteiger partial charge is 0.495 e. The van der Waals surface area contributed by atoms with Crippen LogP contribution in [0.5, 0.6) is 11.5 Å². The normalized spacial score (nSPS) is 11.9. The van der Waals surface area contributed by atoms with Crippen LogP contribution in [0.2, 0.25) is 0 Å². The van der Waals surface area contributed by atoms with Gasteiger partial charge in [-0.05, 0) is 42.8 Å². The Morgan fingerprint density at radius 3 is 2.39 bits per heavy atom. The first-order valence-corrected chi connectivity index (χ1v) is 8.26. The summed E-state index contributed by atoms with van der Waals surface area (Å²) in [6, 6.07) is 12.5. The Morgan fingerprint density at radius 2 is 1.75 bits per heavy atom. The molecule has 0 aromatic heterocycles. The van der Waals surface area contributed by atoms with Crippen molar-refractivity contribution in [2.24, 2.45) is 0 Å². The average molecular weight is 391 g/mol. The Hall–Kier alpha value is -3.42. The van der Waals surface area contributed by atoms with Gasteiger partial charge in [0.1, 0.15) is 11.5 Å². The summed E-state index contributed by atoms with van der Waals surface area (Å²) < 4.78 is 38.6. The highest BCUT2D eigenvalue weighted by atomic mass is 19.3. The predicted molar refractivity (Wildman–Crippen MR) is 99.3 cm³/mol. The summed E-state index contributed by atoms with van der Waals surface area (Å²) in [5.74, 6) is -0.750. The first kappa shape index (κ1) is 20.9. The van der Waals surface area contributed by atoms with Crippen molar-refractivity contribution in [3.05, 3.63) is 60.2 Å². The summed E-state index contributed by atoms with van der Waals surface area (Å²) in [6.45, 7) is -1.47. The number of ether oxygens (including phenoxy) is 3. The van der Waals surface area contributed by atoms with E-state index < -0.39 is 24.6 Å². The molecular weight excluding hydrogens is 372 g/mol. The molecule has 8 heteroatoms. The Balaban J connectivity index is 1.89. The van der Waals surface area contributed by atoms with E-state index >= 15 is 0 Å². The smallest absolute Gasteiger partial charge is 0.387 e. The van der Waals surface area contributed by atoms with Gasteiger partial charge in [-0.2, -0.15) is 8.78 Å². The van der Waals surface area contributed by atoms with Gasteiger partial charge in [0.25, 0.3) is 5.91 Å². The van der Waals surface area contributed by atoms with Crippen molar-refractivity contribution < 1.29 is 32.6 Å². The third-order valence-electron chi connectivity index (χ3n) is 3.54. The highest BCUT2D eigenvalue weighted by Gasteiger charge is 2.18. The third-order valence-corrected chi connectivity index (χ3v) is 3.54. The first-order valence-electron chi connectivity index (χ1n) is 8.26. The molecule has 0 saturated carbocycles. The van der Waals surface area contributed by atoms with E-state index in [1.807, 2.05) is 0 Å². The molecule has 0 radical (unpaired) electrons. The number of esters is 1. The standard InChI is InChI=1S/C20H19F2NO5/c1-13(19(25)23-16-5-3-4-6-17(16)26-2)27-18(24)12-9-14-7-10-15(11-8-14)28-20(21)22/h3-13,20H,1-2H3,(H,23,25)/b12-9+/t13-/m0/s1. The van der Waals surface area contributed by atoms with E-state index in [2.05, 4.69) is 10.1 Å². The summed E-state index contributed by atoms with van der Waals surface area (Å²) in [6.07, 6.45) is 1.53. The fourth-order valence-electron chi connectivity index (χ4n) is 2.17. The molecule has 2 aromatic rings. The number of benzene rings is 2. The number of methoxy groups -OCH3 is 1. The van der Waals surface area contributed by atoms with Crippen LogP contribution in [0.15, 0.2) is 54.6 Å². The van der Waals surface area contributed by atoms with E-state index in [0.717, 1.165) is 6.08 Å². The van der Waals surface area contributed by atoms with Gasteiger partial charge in [0.05, 0.1) is 12.8 Å². The molecule has 148 valence electrons. The van der Waals surface area contributed by atoms with Gasteiger partial charge in [0.15, 0.2) is 6.10 Å². The van der Waals surface area contributed by atoms with Crippen LogP contribution in [0.4, 0.5) is 14.5 Å². The second-order valence-corrected chi connectivity index (χ2v) is 5.55. The number of para-hydroxylation sites is 2. The second-order valence-electron chi connectivity index (χ2n) is 5.55. The van der Waals surface area contributed by atoms with Gasteiger partial charge in [0, 0.05) is 6.08 Å². The van der Waals surface area contributed by atoms with Crippen molar-refractivity contribution in [1.29, 1.82) is 0 Å². The Morgan fingerprint density at radius 1 is 1.07 bits per heavy atom. The number of hydrogen-bond acceptors (Lipinski definition) is 5. The van der Waals surface area contributed by atoms with Crippen molar-refractivity contribution in [2.75, 3.05) is 12.4 Å². The van der Waals surface area contributed by atoms with Crippen LogP contribution >= 0.6 is 0 Å². The third kappa shape index (κ3) is 6.39. The van der Waals surface area contributed by atoms with Gasteiger partial charge in [-0.15, -0.1) is 0 Å². The Labute approximate surface area is 160 Å². The minimum Gasteiger partial charge on any atom is -0.495 e. The molecule has 0 heterocycles. The summed E-state index contributed by atoms with van der Waals surface area (Å²) in [4.78, 5) is 24.1. The average Bonchev–Trinajstić information content (AvgIpc) is 2.67. The van der Waals surface area contributed by atoms with E-state index in [1.54, 1.807) is 24.3 Å². The van der Waals surface area contributed by atoms with Crippen molar-refractivity contribution in [3.8, 4) is 11.5 Å². The van der Waals surface area contributed by atoms with Crippen LogP contribution in [0.1, 0.15) is 12.5 Å². The molecule has 6 nitrogen and oxygen atoms in total. The Kier molecular flexibility index (Phi) is 7.50. The highest BCUT2D eigenvalue weighted by Crippen LogP contribution is 2.23. The van der Waals surface area contributed by atoms with Gasteiger partial charge >= 0.3 is 12.6 Å². The maximum Gasteiger partial charge on any atom is 0.387 e. The number of hydrogen-bond donors (Lipinski definition) is 1. The zero-order chi connectivity index (χ0) is 20.5. The molecule has 2 rings (SSSR count). The first-order chi connectivity index (χ1) is 13.4. The van der Waals surface area contributed by atoms with E-state index in [1.165, 1.54) is 44.4 Å². The van der Waals surface area contributed by atoms with Crippen molar-refractivity contribution in [1.82, 2.24) is 0 Å². The molecule has 0 bridgehead atoms. The number of amides is 1. The molecule has 0 spiro atoms. The number of nitrogens with one attached hydrogen (secondary N) is 1. The number of rotatable bonds is 8. The van der Waals surface area contributed by atoms with Gasteiger partial charge < -0.3 is 19.5 Å². The fraction of sp³-hybridized carbons (Fsp3) is 0.200. The number of anilines is 1. The van der Waals surface area contributed by atoms with E-state index in [4.69, 9.17) is 9.47 Å². The lowest BCUT2D eigenvalue weighted by Gasteiger charge is -2.14. The molecule has 28 heavy (non-hydrogen) atoms. The van der Waals surface area contributed by atoms with Crippen LogP contribution in [-0.4, -0.2) is 31.7 Å². The van der Waals surface area contributed by atoms with Gasteiger partial charge in [0.2, 0.25) is 0 Å². The number of alkyl halides is 2. The maximum atomic E-state index is 12.2. The molecule has 1 N–H and O–H groups in total. The van der Waals surface area contributed by atoms with Gasteiger partial charge in [-0.1, -0.05) is 24.3 Å². The lowest BCUT2D eigenvalue weighted by atomic mass is 10.2. The van der Waals surface area contributed by atoms with E-state index in [0.29, 0.717) is 17.0 Å². The summed E-state index contributed by atoms with van der Waals surface area (Å²) in [5, 5.41) is 2.62. The van der Waals surface area contributed by atoms with Crippen molar-refractivity contribution in [2.45, 2.75) is 19.6 Å². The molecule has 0 unspecified atom stereocenters. The highest BCUT2D eigenvalue weighted by molar-refractivity contribution is 5.97. The van der Waals surface area contributed by atoms with Crippen LogP contribution in [0.3, 0.4) is 0 Å². The van der Waals surface area contributed by atoms with Crippen molar-refractivity contribution >= 4 is 23.6 Å². The van der Waals surface area contributed by atoms with E-state index in [9.17, 15) is 18.4 Å². The fourth-order valence-corrected chi connectivity index (χ4v) is 2.17. The molecule has 0 aliphatic rings. The lowest BCUT2D eigenvalue weighted by molar-refractivity contribution is -0.148. The molecule has 2 aromatic carbocycles. The maximum absolute atomic E-state index is 12.2.